The van der Waals surface area contributed by atoms with Crippen LogP contribution >= 0.6 is 0 Å². The van der Waals surface area contributed by atoms with E-state index in [1.54, 1.807) is 12.1 Å². The van der Waals surface area contributed by atoms with E-state index in [9.17, 15) is 14.4 Å². The Bertz CT molecular complexity index is 476. The van der Waals surface area contributed by atoms with Crippen molar-refractivity contribution >= 4 is 17.9 Å². The molecule has 0 saturated heterocycles. The van der Waals surface area contributed by atoms with Crippen LogP contribution in [-0.2, 0) is 9.53 Å². The summed E-state index contributed by atoms with van der Waals surface area (Å²) < 4.78 is 4.73. The molecular weight excluding hydrogens is 262 g/mol. The average molecular weight is 279 g/mol. The zero-order valence-corrected chi connectivity index (χ0v) is 11.4. The van der Waals surface area contributed by atoms with Gasteiger partial charge in [-0.25, -0.2) is 14.6 Å². The van der Waals surface area contributed by atoms with Gasteiger partial charge >= 0.3 is 12.0 Å². The van der Waals surface area contributed by atoms with Gasteiger partial charge in [0.15, 0.2) is 6.61 Å². The van der Waals surface area contributed by atoms with Crippen molar-refractivity contribution in [1.82, 2.24) is 15.6 Å². The van der Waals surface area contributed by atoms with E-state index >= 15 is 0 Å². The first-order valence-corrected chi connectivity index (χ1v) is 6.21. The maximum Gasteiger partial charge on any atom is 0.357 e. The van der Waals surface area contributed by atoms with Crippen molar-refractivity contribution in [3.8, 4) is 0 Å². The van der Waals surface area contributed by atoms with E-state index in [-0.39, 0.29) is 11.7 Å². The molecule has 7 heteroatoms. The molecular formula is C13H17N3O4. The van der Waals surface area contributed by atoms with Crippen molar-refractivity contribution in [2.24, 2.45) is 0 Å². The summed E-state index contributed by atoms with van der Waals surface area (Å²) >= 11 is 0. The predicted molar refractivity (Wildman–Crippen MR) is 70.9 cm³/mol. The molecule has 0 radical (unpaired) electrons. The van der Waals surface area contributed by atoms with Crippen molar-refractivity contribution in [3.63, 3.8) is 0 Å². The zero-order valence-electron chi connectivity index (χ0n) is 11.4. The minimum Gasteiger partial charge on any atom is -0.451 e. The number of carbonyl (C=O) groups is 3. The molecule has 2 N–H and O–H groups in total. The zero-order chi connectivity index (χ0) is 15.0. The van der Waals surface area contributed by atoms with Gasteiger partial charge in [0.05, 0.1) is 0 Å². The maximum atomic E-state index is 11.5. The van der Waals surface area contributed by atoms with Crippen LogP contribution < -0.4 is 10.6 Å². The Morgan fingerprint density at radius 1 is 1.35 bits per heavy atom. The molecule has 0 fully saturated rings. The standard InChI is InChI=1S/C13H17N3O4/c1-3-9(2)15-13(19)16-11(17)8-20-12(18)10-6-4-5-7-14-10/h4-7,9H,3,8H2,1-2H3,(H2,15,16,17,19)/t9-/m1/s1. The Morgan fingerprint density at radius 3 is 2.70 bits per heavy atom. The van der Waals surface area contributed by atoms with Gasteiger partial charge in [0.1, 0.15) is 5.69 Å². The molecule has 20 heavy (non-hydrogen) atoms. The fourth-order valence-corrected chi connectivity index (χ4v) is 1.21. The van der Waals surface area contributed by atoms with Gasteiger partial charge in [0.25, 0.3) is 5.91 Å². The number of ether oxygens (including phenoxy) is 1. The van der Waals surface area contributed by atoms with Gasteiger partial charge in [-0.1, -0.05) is 13.0 Å². The number of nitrogens with zero attached hydrogens (tertiary/aromatic N) is 1. The molecule has 1 aromatic rings. The molecule has 0 aliphatic rings. The molecule has 0 spiro atoms. The Kier molecular flexibility index (Phi) is 6.15. The number of esters is 1. The average Bonchev–Trinajstić information content (AvgIpc) is 2.45. The van der Waals surface area contributed by atoms with E-state index < -0.39 is 24.5 Å². The molecule has 108 valence electrons. The summed E-state index contributed by atoms with van der Waals surface area (Å²) in [5, 5.41) is 4.62. The molecule has 0 aliphatic heterocycles. The van der Waals surface area contributed by atoms with Gasteiger partial charge in [-0.3, -0.25) is 10.1 Å². The third kappa shape index (κ3) is 5.47. The first-order valence-electron chi connectivity index (χ1n) is 6.21. The smallest absolute Gasteiger partial charge is 0.357 e. The van der Waals surface area contributed by atoms with Gasteiger partial charge in [-0.15, -0.1) is 0 Å². The number of rotatable bonds is 5. The molecule has 0 unspecified atom stereocenters. The molecule has 1 aromatic heterocycles. The lowest BCUT2D eigenvalue weighted by Crippen LogP contribution is -2.44. The van der Waals surface area contributed by atoms with Crippen LogP contribution in [0.5, 0.6) is 0 Å². The number of hydrogen-bond donors (Lipinski definition) is 2. The van der Waals surface area contributed by atoms with E-state index in [2.05, 4.69) is 15.6 Å². The van der Waals surface area contributed by atoms with Crippen molar-refractivity contribution < 1.29 is 19.1 Å². The van der Waals surface area contributed by atoms with Crippen molar-refractivity contribution in [2.75, 3.05) is 6.61 Å². The van der Waals surface area contributed by atoms with Crippen molar-refractivity contribution in [3.05, 3.63) is 30.1 Å². The van der Waals surface area contributed by atoms with Crippen LogP contribution in [0, 0.1) is 0 Å². The fraction of sp³-hybridized carbons (Fsp3) is 0.385. The van der Waals surface area contributed by atoms with Crippen LogP contribution in [0.15, 0.2) is 24.4 Å². The van der Waals surface area contributed by atoms with Crippen LogP contribution in [0.2, 0.25) is 0 Å². The van der Waals surface area contributed by atoms with Crippen molar-refractivity contribution in [1.29, 1.82) is 0 Å². The third-order valence-corrected chi connectivity index (χ3v) is 2.45. The highest BCUT2D eigenvalue weighted by atomic mass is 16.5. The number of nitrogens with one attached hydrogen (secondary N) is 2. The Labute approximate surface area is 116 Å². The van der Waals surface area contributed by atoms with E-state index in [4.69, 9.17) is 4.74 Å². The van der Waals surface area contributed by atoms with Gasteiger partial charge in [0, 0.05) is 12.2 Å². The van der Waals surface area contributed by atoms with Gasteiger partial charge < -0.3 is 10.1 Å². The van der Waals surface area contributed by atoms with E-state index in [1.807, 2.05) is 13.8 Å². The summed E-state index contributed by atoms with van der Waals surface area (Å²) in [5.41, 5.74) is 0.101. The van der Waals surface area contributed by atoms with Crippen LogP contribution in [0.25, 0.3) is 0 Å². The lowest BCUT2D eigenvalue weighted by molar-refractivity contribution is -0.123. The molecule has 1 heterocycles. The monoisotopic (exact) mass is 279 g/mol. The van der Waals surface area contributed by atoms with E-state index in [0.717, 1.165) is 6.42 Å². The molecule has 1 atom stereocenters. The third-order valence-electron chi connectivity index (χ3n) is 2.45. The molecule has 0 aromatic carbocycles. The first-order chi connectivity index (χ1) is 9.52. The van der Waals surface area contributed by atoms with Crippen molar-refractivity contribution in [2.45, 2.75) is 26.3 Å². The summed E-state index contributed by atoms with van der Waals surface area (Å²) in [5.74, 6) is -1.42. The lowest BCUT2D eigenvalue weighted by Gasteiger charge is -2.11. The van der Waals surface area contributed by atoms with Crippen LogP contribution in [0.3, 0.4) is 0 Å². The number of aromatic nitrogens is 1. The summed E-state index contributed by atoms with van der Waals surface area (Å²) in [6.07, 6.45) is 2.19. The second kappa shape index (κ2) is 7.88. The summed E-state index contributed by atoms with van der Waals surface area (Å²) in [4.78, 5) is 38.0. The highest BCUT2D eigenvalue weighted by Gasteiger charge is 2.13. The van der Waals surface area contributed by atoms with Gasteiger partial charge in [-0.2, -0.15) is 0 Å². The normalized spacial score (nSPS) is 11.3. The SMILES string of the molecule is CC[C@@H](C)NC(=O)NC(=O)COC(=O)c1ccccn1. The second-order valence-electron chi connectivity index (χ2n) is 4.12. The number of amides is 3. The Hall–Kier alpha value is -2.44. The molecule has 1 rings (SSSR count). The Morgan fingerprint density at radius 2 is 2.10 bits per heavy atom. The first kappa shape index (κ1) is 15.6. The largest absolute Gasteiger partial charge is 0.451 e. The molecule has 0 aliphatic carbocycles. The number of hydrogen-bond acceptors (Lipinski definition) is 5. The highest BCUT2D eigenvalue weighted by Crippen LogP contribution is 1.96. The minimum atomic E-state index is -0.719. The molecule has 3 amide bonds. The number of pyridine rings is 1. The van der Waals surface area contributed by atoms with Gasteiger partial charge in [-0.05, 0) is 25.5 Å². The lowest BCUT2D eigenvalue weighted by atomic mass is 10.3. The van der Waals surface area contributed by atoms with Crippen LogP contribution in [-0.4, -0.2) is 35.5 Å². The second-order valence-corrected chi connectivity index (χ2v) is 4.12. The minimum absolute atomic E-state index is 0.0427. The quantitative estimate of drug-likeness (QED) is 0.779. The van der Waals surface area contributed by atoms with Gasteiger partial charge in [0.2, 0.25) is 0 Å². The fourth-order valence-electron chi connectivity index (χ4n) is 1.21. The summed E-state index contributed by atoms with van der Waals surface area (Å²) in [6, 6.07) is 4.10. The predicted octanol–water partition coefficient (Wildman–Crippen LogP) is 0.863. The summed E-state index contributed by atoms with van der Waals surface area (Å²) in [6.45, 7) is 3.18. The highest BCUT2D eigenvalue weighted by molar-refractivity contribution is 5.96. The van der Waals surface area contributed by atoms with E-state index in [1.165, 1.54) is 12.3 Å². The Balaban J connectivity index is 2.33. The van der Waals surface area contributed by atoms with Crippen LogP contribution in [0.4, 0.5) is 4.79 Å². The maximum absolute atomic E-state index is 11.5. The topological polar surface area (TPSA) is 97.4 Å². The summed E-state index contributed by atoms with van der Waals surface area (Å²) in [7, 11) is 0. The number of carbonyl (C=O) groups excluding carboxylic acids is 3. The number of urea groups is 1. The van der Waals surface area contributed by atoms with E-state index in [0.29, 0.717) is 0 Å². The molecule has 7 nitrogen and oxygen atoms in total. The molecule has 0 saturated carbocycles. The van der Waals surface area contributed by atoms with Crippen LogP contribution in [0.1, 0.15) is 30.8 Å². The molecule has 0 bridgehead atoms. The number of imide groups is 1.